The lowest BCUT2D eigenvalue weighted by molar-refractivity contribution is 0.0951. The summed E-state index contributed by atoms with van der Waals surface area (Å²) in [5, 5.41) is 21.3. The van der Waals surface area contributed by atoms with E-state index >= 15 is 0 Å². The van der Waals surface area contributed by atoms with Gasteiger partial charge in [-0.25, -0.2) is 15.8 Å². The monoisotopic (exact) mass is 847 g/mol. The van der Waals surface area contributed by atoms with Gasteiger partial charge in [-0.05, 0) is 70.5 Å². The SMILES string of the molecule is CCn1nc(C)cc1C(=O)Nc1nc2cc(C=O)cc3c2n1C/C=C/Cn1c(NC(=O)c2cc(C)nn2CC)nc2cc(C(=O)NCCC/C(=N/N)NN)cc(c21)OCCCO3. The molecule has 0 saturated carbocycles. The molecule has 21 nitrogen and oxygen atoms in total. The van der Waals surface area contributed by atoms with Crippen LogP contribution < -0.4 is 42.5 Å². The number of anilines is 2. The van der Waals surface area contributed by atoms with E-state index in [-0.39, 0.29) is 49.7 Å². The second-order valence-electron chi connectivity index (χ2n) is 14.4. The molecule has 5 heterocycles. The number of carbonyl (C=O) groups excluding carboxylic acids is 4. The first-order chi connectivity index (χ1) is 30.0. The molecule has 4 aromatic heterocycles. The number of carbonyl (C=O) groups is 4. The quantitative estimate of drug-likeness (QED) is 0.0196. The van der Waals surface area contributed by atoms with Gasteiger partial charge in [0.15, 0.2) is 0 Å². The second-order valence-corrected chi connectivity index (χ2v) is 14.4. The Balaban J connectivity index is 1.27. The minimum Gasteiger partial charge on any atom is -0.491 e. The molecule has 8 N–H and O–H groups in total. The highest BCUT2D eigenvalue weighted by atomic mass is 16.5. The van der Waals surface area contributed by atoms with Crippen molar-refractivity contribution in [2.45, 2.75) is 73.1 Å². The third kappa shape index (κ3) is 8.96. The molecule has 0 fully saturated rings. The van der Waals surface area contributed by atoms with Crippen molar-refractivity contribution in [1.82, 2.24) is 49.4 Å². The molecule has 21 heteroatoms. The Morgan fingerprint density at radius 1 is 0.790 bits per heavy atom. The van der Waals surface area contributed by atoms with Gasteiger partial charge in [0, 0.05) is 56.7 Å². The van der Waals surface area contributed by atoms with Crippen LogP contribution in [-0.4, -0.2) is 88.3 Å². The van der Waals surface area contributed by atoms with Gasteiger partial charge < -0.3 is 35.2 Å². The summed E-state index contributed by atoms with van der Waals surface area (Å²) in [4.78, 5) is 62.7. The number of ether oxygens (including phenoxy) is 2. The van der Waals surface area contributed by atoms with E-state index in [9.17, 15) is 19.2 Å². The van der Waals surface area contributed by atoms with Crippen molar-refractivity contribution >= 4 is 63.8 Å². The molecular formula is C41H49N15O6. The number of hydrazine groups is 1. The summed E-state index contributed by atoms with van der Waals surface area (Å²) in [6.45, 7) is 9.44. The lowest BCUT2D eigenvalue weighted by atomic mass is 10.1. The number of nitrogens with two attached hydrogens (primary N) is 2. The van der Waals surface area contributed by atoms with Crippen LogP contribution in [0.25, 0.3) is 22.1 Å². The van der Waals surface area contributed by atoms with Crippen molar-refractivity contribution in [3.63, 3.8) is 0 Å². The first-order valence-corrected chi connectivity index (χ1v) is 20.2. The highest BCUT2D eigenvalue weighted by Crippen LogP contribution is 2.34. The number of amides is 3. The van der Waals surface area contributed by atoms with Crippen molar-refractivity contribution < 1.29 is 28.7 Å². The zero-order chi connectivity index (χ0) is 43.9. The Bertz CT molecular complexity index is 2720. The Morgan fingerprint density at radius 3 is 1.85 bits per heavy atom. The van der Waals surface area contributed by atoms with Crippen molar-refractivity contribution in [1.29, 1.82) is 0 Å². The van der Waals surface area contributed by atoms with E-state index < -0.39 is 11.8 Å². The largest absolute Gasteiger partial charge is 0.491 e. The Labute approximate surface area is 355 Å². The molecule has 0 bridgehead atoms. The minimum atomic E-state index is -0.420. The summed E-state index contributed by atoms with van der Waals surface area (Å²) < 4.78 is 19.5. The van der Waals surface area contributed by atoms with E-state index in [1.807, 2.05) is 39.8 Å². The molecule has 6 aromatic rings. The number of rotatable bonds is 12. The number of aromatic nitrogens is 8. The summed E-state index contributed by atoms with van der Waals surface area (Å²) >= 11 is 0. The highest BCUT2D eigenvalue weighted by molar-refractivity contribution is 6.05. The summed E-state index contributed by atoms with van der Waals surface area (Å²) in [6, 6.07) is 9.97. The standard InChI is InChI=1S/C41H49N15O6/c1-5-55-30(17-24(3)51-55)38(59)47-40-45-28-19-26(23-57)20-32-35(28)53(40)13-7-8-14-54-36-29(46-41(54)48-39(60)31-18-25(4)52-56(31)6-2)21-27(22-33(36)62-16-10-15-61-32)37(58)44-12-9-11-34(49-42)50-43/h7-8,17-23H,5-6,9-16,42-43H2,1-4H3,(H,44,58)(H,49,50)(H,45,47,59)(H,46,48,60)/b8-7+. The smallest absolute Gasteiger partial charge is 0.276 e. The van der Waals surface area contributed by atoms with Crippen molar-refractivity contribution in [3.8, 4) is 11.5 Å². The molecule has 0 saturated heterocycles. The van der Waals surface area contributed by atoms with Gasteiger partial charge in [0.05, 0.1) is 35.6 Å². The fraction of sp³-hybridized carbons (Fsp3) is 0.341. The van der Waals surface area contributed by atoms with Gasteiger partial charge in [-0.15, -0.1) is 0 Å². The van der Waals surface area contributed by atoms with E-state index in [0.717, 1.165) is 0 Å². The van der Waals surface area contributed by atoms with Crippen molar-refractivity contribution in [2.24, 2.45) is 16.8 Å². The topological polar surface area (TPSA) is 271 Å². The number of allylic oxidation sites excluding steroid dienone is 2. The molecule has 0 atom stereocenters. The second kappa shape index (κ2) is 18.8. The van der Waals surface area contributed by atoms with Crippen LogP contribution in [0.1, 0.15) is 86.2 Å². The Morgan fingerprint density at radius 2 is 1.34 bits per heavy atom. The maximum atomic E-state index is 13.8. The minimum absolute atomic E-state index is 0.159. The summed E-state index contributed by atoms with van der Waals surface area (Å²) in [5.74, 6) is 11.2. The number of nitrogens with zero attached hydrogens (tertiary/aromatic N) is 9. The maximum absolute atomic E-state index is 13.8. The van der Waals surface area contributed by atoms with Crippen molar-refractivity contribution in [2.75, 3.05) is 30.4 Å². The van der Waals surface area contributed by atoms with E-state index in [2.05, 4.69) is 36.7 Å². The number of hydrogen-bond acceptors (Lipinski definition) is 13. The lowest BCUT2D eigenvalue weighted by Gasteiger charge is -2.14. The predicted octanol–water partition coefficient (Wildman–Crippen LogP) is 3.42. The maximum Gasteiger partial charge on any atom is 0.276 e. The van der Waals surface area contributed by atoms with Crippen LogP contribution in [0.5, 0.6) is 11.5 Å². The zero-order valence-corrected chi connectivity index (χ0v) is 34.9. The predicted molar refractivity (Wildman–Crippen MR) is 231 cm³/mol. The van der Waals surface area contributed by atoms with Gasteiger partial charge in [0.1, 0.15) is 46.0 Å². The van der Waals surface area contributed by atoms with Crippen LogP contribution in [0.3, 0.4) is 0 Å². The molecule has 1 aliphatic heterocycles. The van der Waals surface area contributed by atoms with E-state index in [1.54, 1.807) is 54.9 Å². The number of hydrazone groups is 1. The van der Waals surface area contributed by atoms with Crippen LogP contribution in [0.15, 0.2) is 53.7 Å². The average Bonchev–Trinajstić information content (AvgIpc) is 4.03. The zero-order valence-electron chi connectivity index (χ0n) is 34.9. The molecule has 2 aromatic carbocycles. The number of hydrogen-bond donors (Lipinski definition) is 6. The first kappa shape index (κ1) is 42.6. The summed E-state index contributed by atoms with van der Waals surface area (Å²) in [7, 11) is 0. The first-order valence-electron chi connectivity index (χ1n) is 20.2. The molecule has 0 unspecified atom stereocenters. The third-order valence-corrected chi connectivity index (χ3v) is 10.1. The average molecular weight is 848 g/mol. The van der Waals surface area contributed by atoms with Gasteiger partial charge >= 0.3 is 0 Å². The number of aryl methyl sites for hydroxylation is 4. The number of benzene rings is 2. The van der Waals surface area contributed by atoms with Crippen LogP contribution in [0.2, 0.25) is 0 Å². The Hall–Kier alpha value is -7.55. The van der Waals surface area contributed by atoms with E-state index in [4.69, 9.17) is 31.1 Å². The van der Waals surface area contributed by atoms with Crippen LogP contribution in [-0.2, 0) is 26.2 Å². The number of imidazole rings is 2. The Kier molecular flexibility index (Phi) is 12.9. The van der Waals surface area contributed by atoms with Gasteiger partial charge in [-0.1, -0.05) is 12.2 Å². The van der Waals surface area contributed by atoms with E-state index in [1.165, 1.54) is 0 Å². The molecule has 1 aliphatic rings. The van der Waals surface area contributed by atoms with Crippen LogP contribution in [0, 0.1) is 13.8 Å². The number of nitrogens with one attached hydrogen (secondary N) is 4. The molecule has 0 radical (unpaired) electrons. The van der Waals surface area contributed by atoms with Crippen LogP contribution in [0.4, 0.5) is 11.9 Å². The molecule has 0 spiro atoms. The highest BCUT2D eigenvalue weighted by Gasteiger charge is 2.24. The van der Waals surface area contributed by atoms with Gasteiger partial charge in [-0.3, -0.25) is 39.2 Å². The molecule has 7 rings (SSSR count). The normalized spacial score (nSPS) is 13.7. The fourth-order valence-corrected chi connectivity index (χ4v) is 7.23. The van der Waals surface area contributed by atoms with Gasteiger partial charge in [-0.2, -0.15) is 15.3 Å². The molecule has 324 valence electrons. The van der Waals surface area contributed by atoms with Crippen LogP contribution >= 0.6 is 0 Å². The number of amidine groups is 1. The molecule has 62 heavy (non-hydrogen) atoms. The fourth-order valence-electron chi connectivity index (χ4n) is 7.23. The number of aldehydes is 1. The third-order valence-electron chi connectivity index (χ3n) is 10.1. The van der Waals surface area contributed by atoms with Gasteiger partial charge in [0.25, 0.3) is 17.7 Å². The lowest BCUT2D eigenvalue weighted by Crippen LogP contribution is -2.32. The van der Waals surface area contributed by atoms with Crippen molar-refractivity contribution in [3.05, 3.63) is 82.5 Å². The summed E-state index contributed by atoms with van der Waals surface area (Å²) in [5.41, 5.74) is 7.12. The summed E-state index contributed by atoms with van der Waals surface area (Å²) in [6.07, 6.45) is 5.80. The molecule has 3 amide bonds. The molecular weight excluding hydrogens is 799 g/mol. The van der Waals surface area contributed by atoms with E-state index in [0.29, 0.717) is 113 Å². The van der Waals surface area contributed by atoms with Gasteiger partial charge in [0.2, 0.25) is 11.9 Å². The molecule has 0 aliphatic carbocycles.